The molecule has 3 rings (SSSR count). The number of piperidine rings is 1. The Bertz CT molecular complexity index is 892. The van der Waals surface area contributed by atoms with Gasteiger partial charge in [0.05, 0.1) is 12.0 Å². The lowest BCUT2D eigenvalue weighted by Crippen LogP contribution is -2.51. The fourth-order valence-corrected chi connectivity index (χ4v) is 6.38. The van der Waals surface area contributed by atoms with Crippen molar-refractivity contribution in [3.05, 3.63) is 52.9 Å². The molecule has 5 nitrogen and oxygen atoms in total. The van der Waals surface area contributed by atoms with Gasteiger partial charge in [-0.25, -0.2) is 8.42 Å². The molecule has 146 valence electrons. The monoisotopic (exact) mass is 407 g/mol. The molecule has 1 aromatic heterocycles. The maximum atomic E-state index is 13.0. The molecule has 0 radical (unpaired) electrons. The van der Waals surface area contributed by atoms with Crippen molar-refractivity contribution in [2.75, 3.05) is 19.7 Å². The van der Waals surface area contributed by atoms with Gasteiger partial charge in [0.1, 0.15) is 4.21 Å². The molecule has 2 heterocycles. The first kappa shape index (κ1) is 20.0. The average Bonchev–Trinajstić information content (AvgIpc) is 3.20. The van der Waals surface area contributed by atoms with Crippen LogP contribution in [0.15, 0.2) is 46.0 Å². The fraction of sp³-hybridized carbons (Fsp3) is 0.450. The molecule has 1 atom stereocenters. The summed E-state index contributed by atoms with van der Waals surface area (Å²) < 4.78 is 33.2. The lowest BCUT2D eigenvalue weighted by Gasteiger charge is -2.40. The molecular formula is C20H25NO4S2. The molecule has 0 saturated carbocycles. The van der Waals surface area contributed by atoms with Gasteiger partial charge in [-0.15, -0.1) is 11.3 Å². The van der Waals surface area contributed by atoms with Crippen LogP contribution in [0.2, 0.25) is 0 Å². The molecule has 2 aromatic rings. The summed E-state index contributed by atoms with van der Waals surface area (Å²) in [7, 11) is -3.60. The Morgan fingerprint density at radius 1 is 1.26 bits per heavy atom. The summed E-state index contributed by atoms with van der Waals surface area (Å²) in [4.78, 5) is 13.0. The highest BCUT2D eigenvalue weighted by Gasteiger charge is 2.47. The number of sulfonamides is 1. The highest BCUT2D eigenvalue weighted by Crippen LogP contribution is 2.38. The highest BCUT2D eigenvalue weighted by molar-refractivity contribution is 7.91. The first-order chi connectivity index (χ1) is 12.9. The highest BCUT2D eigenvalue weighted by atomic mass is 32.2. The van der Waals surface area contributed by atoms with Crippen LogP contribution in [0.25, 0.3) is 0 Å². The second-order valence-corrected chi connectivity index (χ2v) is 10.1. The van der Waals surface area contributed by atoms with E-state index in [-0.39, 0.29) is 19.1 Å². The van der Waals surface area contributed by atoms with Gasteiger partial charge in [0.25, 0.3) is 10.0 Å². The summed E-state index contributed by atoms with van der Waals surface area (Å²) in [5, 5.41) is 1.75. The Morgan fingerprint density at radius 3 is 2.70 bits per heavy atom. The smallest absolute Gasteiger partial charge is 0.313 e. The van der Waals surface area contributed by atoms with Gasteiger partial charge in [0.2, 0.25) is 0 Å². The van der Waals surface area contributed by atoms with Crippen LogP contribution < -0.4 is 0 Å². The third kappa shape index (κ3) is 4.10. The van der Waals surface area contributed by atoms with Crippen molar-refractivity contribution in [2.24, 2.45) is 5.41 Å². The molecule has 1 saturated heterocycles. The van der Waals surface area contributed by atoms with Crippen LogP contribution in [0, 0.1) is 12.3 Å². The minimum Gasteiger partial charge on any atom is -0.466 e. The number of ether oxygens (including phenoxy) is 1. The maximum Gasteiger partial charge on any atom is 0.313 e. The van der Waals surface area contributed by atoms with E-state index < -0.39 is 15.4 Å². The van der Waals surface area contributed by atoms with Gasteiger partial charge < -0.3 is 4.74 Å². The summed E-state index contributed by atoms with van der Waals surface area (Å²) in [5.74, 6) is -0.306. The Morgan fingerprint density at radius 2 is 2.04 bits per heavy atom. The second kappa shape index (κ2) is 8.12. The van der Waals surface area contributed by atoms with Gasteiger partial charge >= 0.3 is 5.97 Å². The van der Waals surface area contributed by atoms with E-state index in [0.29, 0.717) is 30.0 Å². The van der Waals surface area contributed by atoms with Crippen LogP contribution in [-0.2, 0) is 26.0 Å². The number of carbonyl (C=O) groups excluding carboxylic acids is 1. The van der Waals surface area contributed by atoms with Crippen molar-refractivity contribution in [1.82, 2.24) is 4.31 Å². The summed E-state index contributed by atoms with van der Waals surface area (Å²) >= 11 is 1.20. The number of aryl methyl sites for hydroxylation is 1. The summed E-state index contributed by atoms with van der Waals surface area (Å²) in [5.41, 5.74) is 1.30. The third-order valence-electron chi connectivity index (χ3n) is 5.13. The zero-order chi connectivity index (χ0) is 19.5. The first-order valence-electron chi connectivity index (χ1n) is 9.14. The van der Waals surface area contributed by atoms with E-state index in [1.165, 1.54) is 15.6 Å². The number of rotatable bonds is 6. The van der Waals surface area contributed by atoms with Gasteiger partial charge in [-0.1, -0.05) is 30.3 Å². The molecule has 1 aromatic carbocycles. The van der Waals surface area contributed by atoms with E-state index in [2.05, 4.69) is 0 Å². The van der Waals surface area contributed by atoms with Crippen LogP contribution in [0.1, 0.15) is 30.9 Å². The Kier molecular flexibility index (Phi) is 6.03. The molecule has 1 fully saturated rings. The average molecular weight is 408 g/mol. The number of hydrogen-bond acceptors (Lipinski definition) is 5. The standard InChI is InChI=1S/C20H25NO4S2/c1-3-25-19(22)20(14-17-9-5-4-8-16(17)2)11-7-12-21(15-20)27(23,24)18-10-6-13-26-18/h4-6,8-10,13H,3,7,11-12,14-15H2,1-2H3. The molecule has 1 aliphatic rings. The molecule has 7 heteroatoms. The van der Waals surface area contributed by atoms with Gasteiger partial charge in [-0.2, -0.15) is 4.31 Å². The Balaban J connectivity index is 1.95. The third-order valence-corrected chi connectivity index (χ3v) is 8.35. The van der Waals surface area contributed by atoms with E-state index in [4.69, 9.17) is 4.74 Å². The lowest BCUT2D eigenvalue weighted by molar-refractivity contribution is -0.157. The van der Waals surface area contributed by atoms with Gasteiger partial charge in [0.15, 0.2) is 0 Å². The first-order valence-corrected chi connectivity index (χ1v) is 11.5. The van der Waals surface area contributed by atoms with Crippen LogP contribution >= 0.6 is 11.3 Å². The normalized spacial score (nSPS) is 21.1. The van der Waals surface area contributed by atoms with Gasteiger partial charge in [0, 0.05) is 13.1 Å². The van der Waals surface area contributed by atoms with Crippen LogP contribution in [0.5, 0.6) is 0 Å². The van der Waals surface area contributed by atoms with Crippen LogP contribution in [-0.4, -0.2) is 38.4 Å². The maximum absolute atomic E-state index is 13.0. The molecule has 0 bridgehead atoms. The molecular weight excluding hydrogens is 382 g/mol. The number of nitrogens with zero attached hydrogens (tertiary/aromatic N) is 1. The molecule has 1 aliphatic heterocycles. The summed E-state index contributed by atoms with van der Waals surface area (Å²) in [6.45, 7) is 4.65. The van der Waals surface area contributed by atoms with Crippen molar-refractivity contribution < 1.29 is 17.9 Å². The van der Waals surface area contributed by atoms with Gasteiger partial charge in [-0.3, -0.25) is 4.79 Å². The number of thiophene rings is 1. The molecule has 27 heavy (non-hydrogen) atoms. The van der Waals surface area contributed by atoms with Crippen molar-refractivity contribution in [2.45, 2.75) is 37.3 Å². The van der Waals surface area contributed by atoms with Crippen LogP contribution in [0.4, 0.5) is 0 Å². The Labute approximate surface area is 165 Å². The van der Waals surface area contributed by atoms with Crippen molar-refractivity contribution >= 4 is 27.3 Å². The summed E-state index contributed by atoms with van der Waals surface area (Å²) in [6.07, 6.45) is 1.74. The van der Waals surface area contributed by atoms with E-state index >= 15 is 0 Å². The number of esters is 1. The minimum absolute atomic E-state index is 0.153. The summed E-state index contributed by atoms with van der Waals surface area (Å²) in [6, 6.07) is 11.3. The Hall–Kier alpha value is -1.70. The van der Waals surface area contributed by atoms with E-state index in [1.807, 2.05) is 31.2 Å². The molecule has 0 N–H and O–H groups in total. The largest absolute Gasteiger partial charge is 0.466 e. The lowest BCUT2D eigenvalue weighted by atomic mass is 9.75. The number of carbonyl (C=O) groups is 1. The SMILES string of the molecule is CCOC(=O)C1(Cc2ccccc2C)CCCN(S(=O)(=O)c2cccs2)C1. The number of benzene rings is 1. The van der Waals surface area contributed by atoms with Crippen molar-refractivity contribution in [3.63, 3.8) is 0 Å². The van der Waals surface area contributed by atoms with Gasteiger partial charge in [-0.05, 0) is 55.7 Å². The second-order valence-electron chi connectivity index (χ2n) is 6.98. The van der Waals surface area contributed by atoms with E-state index in [0.717, 1.165) is 11.1 Å². The van der Waals surface area contributed by atoms with Crippen molar-refractivity contribution in [1.29, 1.82) is 0 Å². The van der Waals surface area contributed by atoms with Crippen LogP contribution in [0.3, 0.4) is 0 Å². The minimum atomic E-state index is -3.60. The molecule has 0 aliphatic carbocycles. The van der Waals surface area contributed by atoms with E-state index in [1.54, 1.807) is 24.4 Å². The predicted molar refractivity (Wildman–Crippen MR) is 106 cm³/mol. The van der Waals surface area contributed by atoms with Crippen molar-refractivity contribution in [3.8, 4) is 0 Å². The number of hydrogen-bond donors (Lipinski definition) is 0. The molecule has 0 amide bonds. The topological polar surface area (TPSA) is 63.7 Å². The zero-order valence-electron chi connectivity index (χ0n) is 15.7. The fourth-order valence-electron chi connectivity index (χ4n) is 3.67. The quantitative estimate of drug-likeness (QED) is 0.686. The van der Waals surface area contributed by atoms with E-state index in [9.17, 15) is 13.2 Å². The zero-order valence-corrected chi connectivity index (χ0v) is 17.3. The molecule has 1 unspecified atom stereocenters. The molecule has 0 spiro atoms. The predicted octanol–water partition coefficient (Wildman–Crippen LogP) is 3.63.